The molecule has 0 fully saturated rings. The predicted molar refractivity (Wildman–Crippen MR) is 110 cm³/mol. The molecule has 0 spiro atoms. The Labute approximate surface area is 177 Å². The van der Waals surface area contributed by atoms with Crippen LogP contribution in [0.4, 0.5) is 24.5 Å². The summed E-state index contributed by atoms with van der Waals surface area (Å²) in [6.45, 7) is 5.63. The molecule has 1 aromatic heterocycles. The van der Waals surface area contributed by atoms with Crippen LogP contribution >= 0.6 is 0 Å². The van der Waals surface area contributed by atoms with Crippen LogP contribution in [0.2, 0.25) is 0 Å². The van der Waals surface area contributed by atoms with Crippen LogP contribution in [-0.4, -0.2) is 35.6 Å². The third-order valence-electron chi connectivity index (χ3n) is 4.42. The first-order valence-electron chi connectivity index (χ1n) is 9.61. The van der Waals surface area contributed by atoms with Gasteiger partial charge in [0, 0.05) is 36.2 Å². The Morgan fingerprint density at radius 2 is 1.77 bits per heavy atom. The number of rotatable bonds is 8. The highest BCUT2D eigenvalue weighted by Crippen LogP contribution is 2.28. The van der Waals surface area contributed by atoms with Crippen molar-refractivity contribution >= 4 is 23.3 Å². The molecule has 7 nitrogen and oxygen atoms in total. The number of anilines is 2. The summed E-state index contributed by atoms with van der Waals surface area (Å²) in [5.41, 5.74) is -0.371. The molecule has 0 aliphatic rings. The van der Waals surface area contributed by atoms with Crippen LogP contribution in [0, 0.1) is 0 Å². The summed E-state index contributed by atoms with van der Waals surface area (Å²) in [4.78, 5) is 37.7. The number of nitrogens with one attached hydrogen (secondary N) is 1. The smallest absolute Gasteiger partial charge is 0.417 e. The van der Waals surface area contributed by atoms with Crippen molar-refractivity contribution in [2.24, 2.45) is 0 Å². The number of amides is 1. The zero-order valence-electron chi connectivity index (χ0n) is 17.4. The van der Waals surface area contributed by atoms with E-state index >= 15 is 0 Å². The van der Waals surface area contributed by atoms with Gasteiger partial charge in [-0.1, -0.05) is 0 Å². The van der Waals surface area contributed by atoms with Gasteiger partial charge >= 0.3 is 12.1 Å². The second-order valence-corrected chi connectivity index (χ2v) is 7.02. The normalized spacial score (nSPS) is 11.3. The van der Waals surface area contributed by atoms with Crippen molar-refractivity contribution in [3.05, 3.63) is 58.5 Å². The van der Waals surface area contributed by atoms with E-state index in [0.717, 1.165) is 12.2 Å². The number of aromatic nitrogens is 1. The quantitative estimate of drug-likeness (QED) is 0.639. The highest BCUT2D eigenvalue weighted by Gasteiger charge is 2.31. The Balaban J connectivity index is 1.90. The van der Waals surface area contributed by atoms with Gasteiger partial charge in [0.15, 0.2) is 6.61 Å². The molecular weight excluding hydrogens is 415 g/mol. The number of carbonyl (C=O) groups excluding carboxylic acids is 2. The molecule has 1 amide bonds. The minimum absolute atomic E-state index is 0.314. The van der Waals surface area contributed by atoms with Gasteiger partial charge in [-0.2, -0.15) is 13.2 Å². The molecule has 31 heavy (non-hydrogen) atoms. The SMILES string of the molecule is CCN(c1ccc(NC(=O)COC(=O)Cn2cc(C(F)(F)F)ccc2=O)cc1)C(C)C. The van der Waals surface area contributed by atoms with E-state index in [-0.39, 0.29) is 0 Å². The predicted octanol–water partition coefficient (Wildman–Crippen LogP) is 3.28. The first-order chi connectivity index (χ1) is 14.5. The third kappa shape index (κ3) is 6.87. The van der Waals surface area contributed by atoms with Crippen molar-refractivity contribution in [1.82, 2.24) is 4.57 Å². The topological polar surface area (TPSA) is 80.6 Å². The molecule has 1 N–H and O–H groups in total. The summed E-state index contributed by atoms with van der Waals surface area (Å²) < 4.78 is 43.6. The molecule has 0 saturated heterocycles. The monoisotopic (exact) mass is 439 g/mol. The lowest BCUT2D eigenvalue weighted by atomic mass is 10.2. The third-order valence-corrected chi connectivity index (χ3v) is 4.42. The van der Waals surface area contributed by atoms with Crippen molar-refractivity contribution in [2.75, 3.05) is 23.4 Å². The van der Waals surface area contributed by atoms with Gasteiger partial charge < -0.3 is 19.5 Å². The second-order valence-electron chi connectivity index (χ2n) is 7.02. The Hall–Kier alpha value is -3.30. The molecule has 0 atom stereocenters. The molecule has 168 valence electrons. The number of esters is 1. The van der Waals surface area contributed by atoms with Crippen molar-refractivity contribution < 1.29 is 27.5 Å². The zero-order chi connectivity index (χ0) is 23.2. The molecular formula is C21H24F3N3O4. The summed E-state index contributed by atoms with van der Waals surface area (Å²) in [6.07, 6.45) is -4.12. The van der Waals surface area contributed by atoms with Crippen LogP contribution in [0.15, 0.2) is 47.4 Å². The fraction of sp³-hybridized carbons (Fsp3) is 0.381. The summed E-state index contributed by atoms with van der Waals surface area (Å²) in [5.74, 6) is -1.63. The van der Waals surface area contributed by atoms with Gasteiger partial charge in [0.05, 0.1) is 5.56 Å². The Morgan fingerprint density at radius 3 is 2.32 bits per heavy atom. The molecule has 1 heterocycles. The number of pyridine rings is 1. The molecule has 0 unspecified atom stereocenters. The van der Waals surface area contributed by atoms with Crippen LogP contribution < -0.4 is 15.8 Å². The first kappa shape index (κ1) is 24.0. The Morgan fingerprint density at radius 1 is 1.13 bits per heavy atom. The number of ether oxygens (including phenoxy) is 1. The van der Waals surface area contributed by atoms with Crippen molar-refractivity contribution in [2.45, 2.75) is 39.5 Å². The largest absolute Gasteiger partial charge is 0.454 e. The van der Waals surface area contributed by atoms with Gasteiger partial charge in [-0.25, -0.2) is 0 Å². The number of hydrogen-bond acceptors (Lipinski definition) is 5. The van der Waals surface area contributed by atoms with Gasteiger partial charge in [-0.3, -0.25) is 14.4 Å². The molecule has 0 aliphatic carbocycles. The van der Waals surface area contributed by atoms with E-state index in [2.05, 4.69) is 24.1 Å². The molecule has 0 aliphatic heterocycles. The molecule has 10 heteroatoms. The van der Waals surface area contributed by atoms with Gasteiger partial charge in [0.2, 0.25) is 0 Å². The highest BCUT2D eigenvalue weighted by atomic mass is 19.4. The lowest BCUT2D eigenvalue weighted by Gasteiger charge is -2.27. The molecule has 2 aromatic rings. The van der Waals surface area contributed by atoms with E-state index < -0.39 is 42.3 Å². The summed E-state index contributed by atoms with van der Waals surface area (Å²) in [7, 11) is 0. The minimum Gasteiger partial charge on any atom is -0.454 e. The van der Waals surface area contributed by atoms with Crippen LogP contribution in [0.1, 0.15) is 26.3 Å². The Kier molecular flexibility index (Phi) is 7.84. The fourth-order valence-electron chi connectivity index (χ4n) is 2.93. The average molecular weight is 439 g/mol. The van der Waals surface area contributed by atoms with Crippen LogP contribution in [0.25, 0.3) is 0 Å². The molecule has 0 saturated carbocycles. The Bertz CT molecular complexity index is 969. The molecule has 0 bridgehead atoms. The van der Waals surface area contributed by atoms with E-state index in [1.807, 2.05) is 19.1 Å². The number of nitrogens with zero attached hydrogens (tertiary/aromatic N) is 2. The van der Waals surface area contributed by atoms with Crippen molar-refractivity contribution in [1.29, 1.82) is 0 Å². The van der Waals surface area contributed by atoms with E-state index in [9.17, 15) is 27.6 Å². The number of halogens is 3. The van der Waals surface area contributed by atoms with Crippen molar-refractivity contribution in [3.63, 3.8) is 0 Å². The van der Waals surface area contributed by atoms with E-state index in [4.69, 9.17) is 4.74 Å². The van der Waals surface area contributed by atoms with Crippen molar-refractivity contribution in [3.8, 4) is 0 Å². The van der Waals surface area contributed by atoms with E-state index in [1.165, 1.54) is 0 Å². The van der Waals surface area contributed by atoms with Gasteiger partial charge in [0.25, 0.3) is 11.5 Å². The van der Waals surface area contributed by atoms with Crippen LogP contribution in [-0.2, 0) is 27.0 Å². The maximum absolute atomic E-state index is 12.7. The van der Waals surface area contributed by atoms with Crippen LogP contribution in [0.3, 0.4) is 0 Å². The number of benzene rings is 1. The minimum atomic E-state index is -4.65. The zero-order valence-corrected chi connectivity index (χ0v) is 17.4. The molecule has 1 aromatic carbocycles. The van der Waals surface area contributed by atoms with E-state index in [1.54, 1.807) is 12.1 Å². The fourth-order valence-corrected chi connectivity index (χ4v) is 2.93. The standard InChI is InChI=1S/C21H24F3N3O4/c1-4-27(14(2)3)17-8-6-16(7-9-17)25-18(28)13-31-20(30)12-26-11-15(21(22,23)24)5-10-19(26)29/h5-11,14H,4,12-13H2,1-3H3,(H,25,28). The summed E-state index contributed by atoms with van der Waals surface area (Å²) in [6, 6.07) is 8.78. The molecule has 2 rings (SSSR count). The number of hydrogen-bond donors (Lipinski definition) is 1. The number of alkyl halides is 3. The van der Waals surface area contributed by atoms with Gasteiger partial charge in [-0.05, 0) is 51.1 Å². The average Bonchev–Trinajstić information content (AvgIpc) is 2.69. The summed E-state index contributed by atoms with van der Waals surface area (Å²) in [5, 5.41) is 2.56. The maximum atomic E-state index is 12.7. The number of carbonyl (C=O) groups is 2. The highest BCUT2D eigenvalue weighted by molar-refractivity contribution is 5.92. The second kappa shape index (κ2) is 10.1. The lowest BCUT2D eigenvalue weighted by Crippen LogP contribution is -2.30. The van der Waals surface area contributed by atoms with Crippen LogP contribution in [0.5, 0.6) is 0 Å². The molecule has 0 radical (unpaired) electrons. The maximum Gasteiger partial charge on any atom is 0.417 e. The first-order valence-corrected chi connectivity index (χ1v) is 9.61. The van der Waals surface area contributed by atoms with Gasteiger partial charge in [-0.15, -0.1) is 0 Å². The van der Waals surface area contributed by atoms with E-state index in [0.29, 0.717) is 34.6 Å². The van der Waals surface area contributed by atoms with Gasteiger partial charge in [0.1, 0.15) is 6.54 Å². The summed E-state index contributed by atoms with van der Waals surface area (Å²) >= 11 is 0. The lowest BCUT2D eigenvalue weighted by molar-refractivity contribution is -0.148.